The summed E-state index contributed by atoms with van der Waals surface area (Å²) in [6.45, 7) is -0.186. The number of carbonyl (C=O) groups is 2. The lowest BCUT2D eigenvalue weighted by Gasteiger charge is -2.17. The van der Waals surface area contributed by atoms with Crippen LogP contribution in [-0.4, -0.2) is 42.4 Å². The van der Waals surface area contributed by atoms with Crippen LogP contribution in [0.5, 0.6) is 5.75 Å². The van der Waals surface area contributed by atoms with Gasteiger partial charge < -0.3 is 15.0 Å². The van der Waals surface area contributed by atoms with E-state index in [0.717, 1.165) is 0 Å². The highest BCUT2D eigenvalue weighted by molar-refractivity contribution is 6.41. The van der Waals surface area contributed by atoms with Gasteiger partial charge in [0.15, 0.2) is 0 Å². The van der Waals surface area contributed by atoms with E-state index >= 15 is 0 Å². The average Bonchev–Trinajstić information content (AvgIpc) is 2.56. The second-order valence-electron chi connectivity index (χ2n) is 5.05. The summed E-state index contributed by atoms with van der Waals surface area (Å²) in [6, 6.07) is 6.23. The zero-order valence-electron chi connectivity index (χ0n) is 13.3. The van der Waals surface area contributed by atoms with E-state index in [9.17, 15) is 9.59 Å². The lowest BCUT2D eigenvalue weighted by atomic mass is 10.2. The van der Waals surface area contributed by atoms with Crippen molar-refractivity contribution in [3.8, 4) is 5.75 Å². The van der Waals surface area contributed by atoms with E-state index in [4.69, 9.17) is 39.5 Å². The molecular weight excluding hydrogens is 389 g/mol. The molecular formula is C16H14Cl3N3O3. The SMILES string of the molecule is COc1ccc(Cl)cc1NC(=O)CN(C)C(=O)c1cnc(Cl)c(Cl)c1. The van der Waals surface area contributed by atoms with Gasteiger partial charge in [-0.2, -0.15) is 0 Å². The summed E-state index contributed by atoms with van der Waals surface area (Å²) in [5.74, 6) is -0.371. The van der Waals surface area contributed by atoms with Gasteiger partial charge in [0, 0.05) is 18.3 Å². The third-order valence-corrected chi connectivity index (χ3v) is 4.13. The second kappa shape index (κ2) is 8.38. The van der Waals surface area contributed by atoms with Crippen LogP contribution in [0.3, 0.4) is 0 Å². The van der Waals surface area contributed by atoms with Crippen LogP contribution in [0.1, 0.15) is 10.4 Å². The van der Waals surface area contributed by atoms with Gasteiger partial charge in [-0.25, -0.2) is 4.98 Å². The summed E-state index contributed by atoms with van der Waals surface area (Å²) in [7, 11) is 2.96. The van der Waals surface area contributed by atoms with Crippen LogP contribution < -0.4 is 10.1 Å². The number of ether oxygens (including phenoxy) is 1. The summed E-state index contributed by atoms with van der Waals surface area (Å²) in [5.41, 5.74) is 0.641. The van der Waals surface area contributed by atoms with E-state index in [1.54, 1.807) is 18.2 Å². The lowest BCUT2D eigenvalue weighted by Crippen LogP contribution is -2.35. The van der Waals surface area contributed by atoms with E-state index in [1.165, 1.54) is 31.3 Å². The predicted octanol–water partition coefficient (Wildman–Crippen LogP) is 3.76. The van der Waals surface area contributed by atoms with Gasteiger partial charge in [0.25, 0.3) is 5.91 Å². The Morgan fingerprint density at radius 3 is 2.60 bits per heavy atom. The largest absolute Gasteiger partial charge is 0.495 e. The summed E-state index contributed by atoms with van der Waals surface area (Å²) >= 11 is 17.5. The van der Waals surface area contributed by atoms with E-state index in [1.807, 2.05) is 0 Å². The molecule has 0 radical (unpaired) electrons. The fourth-order valence-corrected chi connectivity index (χ4v) is 2.46. The molecule has 1 aromatic carbocycles. The van der Waals surface area contributed by atoms with Gasteiger partial charge in [-0.15, -0.1) is 0 Å². The second-order valence-corrected chi connectivity index (χ2v) is 6.25. The first kappa shape index (κ1) is 19.3. The summed E-state index contributed by atoms with van der Waals surface area (Å²) in [5, 5.41) is 3.37. The number of amides is 2. The van der Waals surface area contributed by atoms with Crippen molar-refractivity contribution in [3.63, 3.8) is 0 Å². The van der Waals surface area contributed by atoms with Crippen LogP contribution in [0.4, 0.5) is 5.69 Å². The Labute approximate surface area is 159 Å². The number of anilines is 1. The van der Waals surface area contributed by atoms with Crippen LogP contribution in [0.25, 0.3) is 0 Å². The molecule has 0 unspecified atom stereocenters. The molecule has 0 saturated carbocycles. The highest BCUT2D eigenvalue weighted by Crippen LogP contribution is 2.27. The van der Waals surface area contributed by atoms with Crippen molar-refractivity contribution in [2.45, 2.75) is 0 Å². The number of halogens is 3. The van der Waals surface area contributed by atoms with Crippen molar-refractivity contribution >= 4 is 52.3 Å². The molecule has 25 heavy (non-hydrogen) atoms. The van der Waals surface area contributed by atoms with Crippen molar-refractivity contribution in [1.29, 1.82) is 0 Å². The van der Waals surface area contributed by atoms with Crippen LogP contribution in [-0.2, 0) is 4.79 Å². The molecule has 0 fully saturated rings. The Morgan fingerprint density at radius 1 is 1.24 bits per heavy atom. The fourth-order valence-electron chi connectivity index (χ4n) is 2.01. The van der Waals surface area contributed by atoms with Crippen LogP contribution >= 0.6 is 34.8 Å². The first-order valence-electron chi connectivity index (χ1n) is 7.01. The number of nitrogens with zero attached hydrogens (tertiary/aromatic N) is 2. The number of hydrogen-bond donors (Lipinski definition) is 1. The lowest BCUT2D eigenvalue weighted by molar-refractivity contribution is -0.116. The molecule has 0 spiro atoms. The van der Waals surface area contributed by atoms with Gasteiger partial charge in [0.1, 0.15) is 10.9 Å². The smallest absolute Gasteiger partial charge is 0.255 e. The topological polar surface area (TPSA) is 71.5 Å². The maximum Gasteiger partial charge on any atom is 0.255 e. The van der Waals surface area contributed by atoms with Crippen molar-refractivity contribution in [2.75, 3.05) is 26.0 Å². The number of carbonyl (C=O) groups excluding carboxylic acids is 2. The summed E-state index contributed by atoms with van der Waals surface area (Å²) in [6.07, 6.45) is 1.30. The maximum atomic E-state index is 12.3. The number of nitrogens with one attached hydrogen (secondary N) is 1. The molecule has 0 atom stereocenters. The number of hydrogen-bond acceptors (Lipinski definition) is 4. The third-order valence-electron chi connectivity index (χ3n) is 3.21. The van der Waals surface area contributed by atoms with Gasteiger partial charge >= 0.3 is 0 Å². The van der Waals surface area contributed by atoms with Crippen molar-refractivity contribution < 1.29 is 14.3 Å². The average molecular weight is 403 g/mol. The molecule has 0 aliphatic rings. The van der Waals surface area contributed by atoms with Gasteiger partial charge in [-0.1, -0.05) is 34.8 Å². The monoisotopic (exact) mass is 401 g/mol. The van der Waals surface area contributed by atoms with Gasteiger partial charge in [0.2, 0.25) is 5.91 Å². The molecule has 0 saturated heterocycles. The number of benzene rings is 1. The molecule has 2 rings (SSSR count). The Balaban J connectivity index is 2.05. The summed E-state index contributed by atoms with van der Waals surface area (Å²) < 4.78 is 5.16. The standard InChI is InChI=1S/C16H14Cl3N3O3/c1-22(16(24)9-5-11(18)15(19)20-7-9)8-14(23)21-12-6-10(17)3-4-13(12)25-2/h3-7H,8H2,1-2H3,(H,21,23). The zero-order chi connectivity index (χ0) is 18.6. The van der Waals surface area contributed by atoms with Crippen LogP contribution in [0.2, 0.25) is 15.2 Å². The van der Waals surface area contributed by atoms with E-state index in [-0.39, 0.29) is 22.3 Å². The fraction of sp³-hybridized carbons (Fsp3) is 0.188. The molecule has 0 aliphatic carbocycles. The normalized spacial score (nSPS) is 10.3. The molecule has 2 aromatic rings. The molecule has 0 aliphatic heterocycles. The molecule has 1 N–H and O–H groups in total. The van der Waals surface area contributed by atoms with Gasteiger partial charge in [-0.05, 0) is 24.3 Å². The highest BCUT2D eigenvalue weighted by Gasteiger charge is 2.17. The minimum atomic E-state index is -0.417. The molecule has 1 heterocycles. The first-order valence-corrected chi connectivity index (χ1v) is 8.15. The Morgan fingerprint density at radius 2 is 1.96 bits per heavy atom. The molecule has 6 nitrogen and oxygen atoms in total. The number of likely N-dealkylation sites (N-methyl/N-ethyl adjacent to an activating group) is 1. The van der Waals surface area contributed by atoms with E-state index in [2.05, 4.69) is 10.3 Å². The Kier molecular flexibility index (Phi) is 6.47. The molecule has 2 amide bonds. The molecule has 0 bridgehead atoms. The number of aromatic nitrogens is 1. The molecule has 9 heteroatoms. The highest BCUT2D eigenvalue weighted by atomic mass is 35.5. The quantitative estimate of drug-likeness (QED) is 0.773. The Bertz CT molecular complexity index is 814. The van der Waals surface area contributed by atoms with E-state index < -0.39 is 11.8 Å². The van der Waals surface area contributed by atoms with Crippen molar-refractivity contribution in [2.24, 2.45) is 0 Å². The Hall–Kier alpha value is -2.02. The first-order chi connectivity index (χ1) is 11.8. The number of rotatable bonds is 5. The van der Waals surface area contributed by atoms with Crippen molar-refractivity contribution in [3.05, 3.63) is 51.2 Å². The van der Waals surface area contributed by atoms with Crippen LogP contribution in [0.15, 0.2) is 30.5 Å². The van der Waals surface area contributed by atoms with E-state index in [0.29, 0.717) is 16.5 Å². The molecule has 132 valence electrons. The number of pyridine rings is 1. The summed E-state index contributed by atoms with van der Waals surface area (Å²) in [4.78, 5) is 29.6. The van der Waals surface area contributed by atoms with Crippen LogP contribution in [0, 0.1) is 0 Å². The molecule has 1 aromatic heterocycles. The van der Waals surface area contributed by atoms with Gasteiger partial charge in [0.05, 0.1) is 29.9 Å². The third kappa shape index (κ3) is 4.98. The minimum absolute atomic E-state index is 0.103. The van der Waals surface area contributed by atoms with Crippen molar-refractivity contribution in [1.82, 2.24) is 9.88 Å². The minimum Gasteiger partial charge on any atom is -0.495 e. The maximum absolute atomic E-state index is 12.3. The zero-order valence-corrected chi connectivity index (χ0v) is 15.6. The van der Waals surface area contributed by atoms with Gasteiger partial charge in [-0.3, -0.25) is 9.59 Å². The predicted molar refractivity (Wildman–Crippen MR) is 97.9 cm³/mol. The number of methoxy groups -OCH3 is 1.